The fourth-order valence-corrected chi connectivity index (χ4v) is 2.35. The Bertz CT molecular complexity index is 417. The summed E-state index contributed by atoms with van der Waals surface area (Å²) in [5.74, 6) is -0.00660. The average molecular weight is 289 g/mol. The van der Waals surface area contributed by atoms with Gasteiger partial charge in [-0.1, -0.05) is 11.6 Å². The molecule has 0 aromatic heterocycles. The molecule has 1 unspecified atom stereocenters. The Labute approximate surface area is 119 Å². The third-order valence-electron chi connectivity index (χ3n) is 3.07. The topological polar surface area (TPSA) is 41.1 Å². The van der Waals surface area contributed by atoms with Gasteiger partial charge in [0.15, 0.2) is 0 Å². The maximum absolute atomic E-state index is 12.1. The molecule has 1 fully saturated rings. The van der Waals surface area contributed by atoms with Crippen LogP contribution in [0.1, 0.15) is 28.8 Å². The quantitative estimate of drug-likeness (QED) is 0.878. The normalized spacial score (nSPS) is 18.9. The number of hydrogen-bond donors (Lipinski definition) is 2. The highest BCUT2D eigenvalue weighted by molar-refractivity contribution is 6.30. The summed E-state index contributed by atoms with van der Waals surface area (Å²) in [4.78, 5) is 12.1. The molecule has 0 radical (unpaired) electrons. The molecule has 3 nitrogen and oxygen atoms in total. The summed E-state index contributed by atoms with van der Waals surface area (Å²) in [6.45, 7) is 3.81. The van der Waals surface area contributed by atoms with Gasteiger partial charge in [-0.15, -0.1) is 12.4 Å². The van der Waals surface area contributed by atoms with E-state index >= 15 is 0 Å². The lowest BCUT2D eigenvalue weighted by atomic mass is 10.1. The second kappa shape index (κ2) is 6.98. The van der Waals surface area contributed by atoms with Gasteiger partial charge in [0.25, 0.3) is 5.91 Å². The van der Waals surface area contributed by atoms with Crippen molar-refractivity contribution in [1.29, 1.82) is 0 Å². The van der Waals surface area contributed by atoms with Gasteiger partial charge in [0.05, 0.1) is 0 Å². The van der Waals surface area contributed by atoms with Crippen molar-refractivity contribution in [2.75, 3.05) is 13.1 Å². The predicted octanol–water partition coefficient (Wildman–Crippen LogP) is 2.55. The van der Waals surface area contributed by atoms with E-state index in [1.165, 1.54) is 0 Å². The SMILES string of the molecule is Cc1cc(Cl)ccc1C(=O)NC1CCCNC1.Cl. The van der Waals surface area contributed by atoms with Gasteiger partial charge in [-0.25, -0.2) is 0 Å². The maximum Gasteiger partial charge on any atom is 0.251 e. The third kappa shape index (κ3) is 3.87. The lowest BCUT2D eigenvalue weighted by molar-refractivity contribution is 0.0930. The molecule has 1 amide bonds. The van der Waals surface area contributed by atoms with Crippen LogP contribution in [0.15, 0.2) is 18.2 Å². The Morgan fingerprint density at radius 3 is 2.89 bits per heavy atom. The van der Waals surface area contributed by atoms with Crippen LogP contribution in [0, 0.1) is 6.92 Å². The van der Waals surface area contributed by atoms with E-state index in [1.54, 1.807) is 12.1 Å². The summed E-state index contributed by atoms with van der Waals surface area (Å²) < 4.78 is 0. The number of halogens is 2. The summed E-state index contributed by atoms with van der Waals surface area (Å²) in [5, 5.41) is 7.00. The molecule has 1 aromatic carbocycles. The van der Waals surface area contributed by atoms with Crippen LogP contribution in [0.2, 0.25) is 5.02 Å². The Morgan fingerprint density at radius 2 is 2.28 bits per heavy atom. The van der Waals surface area contributed by atoms with Crippen molar-refractivity contribution >= 4 is 29.9 Å². The number of amides is 1. The molecule has 0 bridgehead atoms. The van der Waals surface area contributed by atoms with Gasteiger partial charge in [-0.2, -0.15) is 0 Å². The number of carbonyl (C=O) groups excluding carboxylic acids is 1. The molecule has 100 valence electrons. The summed E-state index contributed by atoms with van der Waals surface area (Å²) in [6, 6.07) is 5.59. The molecule has 1 atom stereocenters. The van der Waals surface area contributed by atoms with E-state index in [1.807, 2.05) is 13.0 Å². The number of carbonyl (C=O) groups is 1. The summed E-state index contributed by atoms with van der Waals surface area (Å²) in [6.07, 6.45) is 2.16. The molecular formula is C13H18Cl2N2O. The highest BCUT2D eigenvalue weighted by Crippen LogP contribution is 2.15. The van der Waals surface area contributed by atoms with Crippen molar-refractivity contribution < 1.29 is 4.79 Å². The smallest absolute Gasteiger partial charge is 0.251 e. The van der Waals surface area contributed by atoms with E-state index in [4.69, 9.17) is 11.6 Å². The third-order valence-corrected chi connectivity index (χ3v) is 3.30. The zero-order valence-corrected chi connectivity index (χ0v) is 11.9. The fourth-order valence-electron chi connectivity index (χ4n) is 2.12. The Hall–Kier alpha value is -0.770. The van der Waals surface area contributed by atoms with Crippen molar-refractivity contribution in [3.05, 3.63) is 34.3 Å². The van der Waals surface area contributed by atoms with Crippen molar-refractivity contribution in [3.63, 3.8) is 0 Å². The van der Waals surface area contributed by atoms with Crippen LogP contribution in [0.25, 0.3) is 0 Å². The first-order valence-electron chi connectivity index (χ1n) is 5.94. The number of rotatable bonds is 2. The largest absolute Gasteiger partial charge is 0.348 e. The van der Waals surface area contributed by atoms with E-state index in [0.29, 0.717) is 10.6 Å². The van der Waals surface area contributed by atoms with Crippen molar-refractivity contribution in [3.8, 4) is 0 Å². The predicted molar refractivity (Wildman–Crippen MR) is 76.8 cm³/mol. The molecule has 1 aliphatic rings. The molecule has 2 rings (SSSR count). The van der Waals surface area contributed by atoms with Crippen molar-refractivity contribution in [2.45, 2.75) is 25.8 Å². The molecule has 18 heavy (non-hydrogen) atoms. The Kier molecular flexibility index (Phi) is 5.93. The molecule has 5 heteroatoms. The molecule has 1 saturated heterocycles. The van der Waals surface area contributed by atoms with Gasteiger partial charge in [0.2, 0.25) is 0 Å². The first-order chi connectivity index (χ1) is 8.16. The van der Waals surface area contributed by atoms with Gasteiger partial charge < -0.3 is 10.6 Å². The van der Waals surface area contributed by atoms with E-state index in [2.05, 4.69) is 10.6 Å². The van der Waals surface area contributed by atoms with Crippen LogP contribution >= 0.6 is 24.0 Å². The standard InChI is InChI=1S/C13H17ClN2O.ClH/c1-9-7-10(14)4-5-12(9)13(17)16-11-3-2-6-15-8-11;/h4-5,7,11,15H,2-3,6,8H2,1H3,(H,16,17);1H. The summed E-state index contributed by atoms with van der Waals surface area (Å²) >= 11 is 5.87. The van der Waals surface area contributed by atoms with Crippen LogP contribution in [0.4, 0.5) is 0 Å². The van der Waals surface area contributed by atoms with Crippen LogP contribution in [-0.2, 0) is 0 Å². The van der Waals surface area contributed by atoms with Gasteiger partial charge >= 0.3 is 0 Å². The number of benzene rings is 1. The van der Waals surface area contributed by atoms with E-state index in [0.717, 1.165) is 31.5 Å². The minimum Gasteiger partial charge on any atom is -0.348 e. The molecule has 1 heterocycles. The molecule has 0 aliphatic carbocycles. The molecule has 0 spiro atoms. The number of hydrogen-bond acceptors (Lipinski definition) is 2. The lowest BCUT2D eigenvalue weighted by Gasteiger charge is -2.24. The van der Waals surface area contributed by atoms with Gasteiger partial charge in [-0.05, 0) is 50.1 Å². The van der Waals surface area contributed by atoms with Crippen LogP contribution in [0.3, 0.4) is 0 Å². The van der Waals surface area contributed by atoms with Crippen LogP contribution < -0.4 is 10.6 Å². The van der Waals surface area contributed by atoms with E-state index in [-0.39, 0.29) is 24.4 Å². The van der Waals surface area contributed by atoms with E-state index in [9.17, 15) is 4.79 Å². The zero-order valence-electron chi connectivity index (χ0n) is 10.3. The first kappa shape index (κ1) is 15.3. The van der Waals surface area contributed by atoms with Gasteiger partial charge in [0, 0.05) is 23.2 Å². The minimum atomic E-state index is -0.00660. The molecule has 1 aliphatic heterocycles. The number of piperidine rings is 1. The maximum atomic E-state index is 12.1. The van der Waals surface area contributed by atoms with Crippen molar-refractivity contribution in [2.24, 2.45) is 0 Å². The lowest BCUT2D eigenvalue weighted by Crippen LogP contribution is -2.45. The Balaban J connectivity index is 0.00000162. The van der Waals surface area contributed by atoms with Crippen molar-refractivity contribution in [1.82, 2.24) is 10.6 Å². The minimum absolute atomic E-state index is 0. The fraction of sp³-hybridized carbons (Fsp3) is 0.462. The van der Waals surface area contributed by atoms with E-state index < -0.39 is 0 Å². The van der Waals surface area contributed by atoms with Gasteiger partial charge in [-0.3, -0.25) is 4.79 Å². The zero-order chi connectivity index (χ0) is 12.3. The molecule has 2 N–H and O–H groups in total. The highest BCUT2D eigenvalue weighted by Gasteiger charge is 2.17. The highest BCUT2D eigenvalue weighted by atomic mass is 35.5. The van der Waals surface area contributed by atoms with Crippen LogP contribution in [0.5, 0.6) is 0 Å². The number of aryl methyl sites for hydroxylation is 1. The second-order valence-corrected chi connectivity index (χ2v) is 4.91. The summed E-state index contributed by atoms with van der Waals surface area (Å²) in [5.41, 5.74) is 1.62. The molecule has 0 saturated carbocycles. The molecule has 1 aromatic rings. The number of nitrogens with one attached hydrogen (secondary N) is 2. The summed E-state index contributed by atoms with van der Waals surface area (Å²) in [7, 11) is 0. The Morgan fingerprint density at radius 1 is 1.50 bits per heavy atom. The van der Waals surface area contributed by atoms with Crippen LogP contribution in [-0.4, -0.2) is 25.0 Å². The van der Waals surface area contributed by atoms with Gasteiger partial charge in [0.1, 0.15) is 0 Å². The first-order valence-corrected chi connectivity index (χ1v) is 6.32. The monoisotopic (exact) mass is 288 g/mol. The molecular weight excluding hydrogens is 271 g/mol. The average Bonchev–Trinajstić information content (AvgIpc) is 2.30. The second-order valence-electron chi connectivity index (χ2n) is 4.48.